The maximum Gasteiger partial charge on any atom is 0.150 e. The third-order valence-electron chi connectivity index (χ3n) is 3.81. The van der Waals surface area contributed by atoms with Crippen LogP contribution in [0, 0.1) is 0 Å². The molecule has 0 aliphatic carbocycles. The summed E-state index contributed by atoms with van der Waals surface area (Å²) in [7, 11) is 0. The molecular formula is C16H21N3O. The van der Waals surface area contributed by atoms with Crippen molar-refractivity contribution >= 4 is 0 Å². The highest BCUT2D eigenvalue weighted by Crippen LogP contribution is 2.14. The van der Waals surface area contributed by atoms with Gasteiger partial charge in [-0.25, -0.2) is 0 Å². The molecule has 1 unspecified atom stereocenters. The summed E-state index contributed by atoms with van der Waals surface area (Å²) in [4.78, 5) is 2.52. The van der Waals surface area contributed by atoms with E-state index in [1.54, 1.807) is 6.20 Å². The van der Waals surface area contributed by atoms with Crippen LogP contribution in [0.15, 0.2) is 47.1 Å². The molecule has 3 rings (SSSR count). The van der Waals surface area contributed by atoms with E-state index in [1.807, 2.05) is 6.07 Å². The Labute approximate surface area is 119 Å². The lowest BCUT2D eigenvalue weighted by Gasteiger charge is -2.33. The molecule has 1 fully saturated rings. The summed E-state index contributed by atoms with van der Waals surface area (Å²) in [5.74, 6) is 0.908. The standard InChI is InChI=1S/C16H21N3O/c1-2-5-14(6-3-1)12-19-10-4-7-15(13-19)17-11-16-8-9-18-20-16/h1-3,5-6,8-9,15,17H,4,7,10-13H2. The zero-order valence-electron chi connectivity index (χ0n) is 11.7. The summed E-state index contributed by atoms with van der Waals surface area (Å²) in [6, 6.07) is 13.1. The van der Waals surface area contributed by atoms with Crippen LogP contribution in [0.1, 0.15) is 24.2 Å². The third-order valence-corrected chi connectivity index (χ3v) is 3.81. The second kappa shape index (κ2) is 6.68. The Balaban J connectivity index is 1.49. The zero-order chi connectivity index (χ0) is 13.6. The van der Waals surface area contributed by atoms with E-state index in [9.17, 15) is 0 Å². The SMILES string of the molecule is c1ccc(CN2CCCC(NCc3ccno3)C2)cc1. The molecule has 4 heteroatoms. The van der Waals surface area contributed by atoms with Crippen LogP contribution in [0.5, 0.6) is 0 Å². The number of piperidine rings is 1. The van der Waals surface area contributed by atoms with Crippen molar-refractivity contribution in [1.82, 2.24) is 15.4 Å². The predicted molar refractivity (Wildman–Crippen MR) is 78.1 cm³/mol. The van der Waals surface area contributed by atoms with Gasteiger partial charge in [-0.15, -0.1) is 0 Å². The topological polar surface area (TPSA) is 41.3 Å². The summed E-state index contributed by atoms with van der Waals surface area (Å²) in [5, 5.41) is 7.30. The number of hydrogen-bond acceptors (Lipinski definition) is 4. The Morgan fingerprint density at radius 2 is 2.15 bits per heavy atom. The smallest absolute Gasteiger partial charge is 0.150 e. The normalized spacial score (nSPS) is 20.1. The van der Waals surface area contributed by atoms with Crippen molar-refractivity contribution in [3.8, 4) is 0 Å². The van der Waals surface area contributed by atoms with E-state index < -0.39 is 0 Å². The van der Waals surface area contributed by atoms with Crippen molar-refractivity contribution in [3.63, 3.8) is 0 Å². The molecule has 0 amide bonds. The molecule has 0 spiro atoms. The van der Waals surface area contributed by atoms with Crippen LogP contribution in [0.3, 0.4) is 0 Å². The number of nitrogens with one attached hydrogen (secondary N) is 1. The van der Waals surface area contributed by atoms with Crippen LogP contribution in [-0.2, 0) is 13.1 Å². The van der Waals surface area contributed by atoms with E-state index in [1.165, 1.54) is 24.9 Å². The highest BCUT2D eigenvalue weighted by molar-refractivity contribution is 5.14. The monoisotopic (exact) mass is 271 g/mol. The van der Waals surface area contributed by atoms with Crippen molar-refractivity contribution in [2.75, 3.05) is 13.1 Å². The summed E-state index contributed by atoms with van der Waals surface area (Å²) in [6.07, 6.45) is 4.18. The van der Waals surface area contributed by atoms with Gasteiger partial charge >= 0.3 is 0 Å². The quantitative estimate of drug-likeness (QED) is 0.907. The molecular weight excluding hydrogens is 250 g/mol. The fourth-order valence-electron chi connectivity index (χ4n) is 2.79. The summed E-state index contributed by atoms with van der Waals surface area (Å²) in [6.45, 7) is 4.10. The second-order valence-corrected chi connectivity index (χ2v) is 5.42. The van der Waals surface area contributed by atoms with E-state index in [4.69, 9.17) is 4.52 Å². The number of nitrogens with zero attached hydrogens (tertiary/aromatic N) is 2. The van der Waals surface area contributed by atoms with Crippen LogP contribution in [-0.4, -0.2) is 29.2 Å². The molecule has 1 aromatic heterocycles. The molecule has 1 atom stereocenters. The number of likely N-dealkylation sites (tertiary alicyclic amines) is 1. The van der Waals surface area contributed by atoms with E-state index in [0.29, 0.717) is 6.04 Å². The fourth-order valence-corrected chi connectivity index (χ4v) is 2.79. The van der Waals surface area contributed by atoms with Gasteiger partial charge < -0.3 is 9.84 Å². The van der Waals surface area contributed by atoms with Gasteiger partial charge in [-0.05, 0) is 24.9 Å². The molecule has 4 nitrogen and oxygen atoms in total. The Kier molecular flexibility index (Phi) is 4.46. The van der Waals surface area contributed by atoms with Crippen LogP contribution in [0.2, 0.25) is 0 Å². The minimum Gasteiger partial charge on any atom is -0.360 e. The van der Waals surface area contributed by atoms with Crippen LogP contribution in [0.25, 0.3) is 0 Å². The van der Waals surface area contributed by atoms with Gasteiger partial charge in [-0.3, -0.25) is 4.90 Å². The van der Waals surface area contributed by atoms with Gasteiger partial charge in [0.05, 0.1) is 12.7 Å². The van der Waals surface area contributed by atoms with Crippen LogP contribution >= 0.6 is 0 Å². The molecule has 1 N–H and O–H groups in total. The van der Waals surface area contributed by atoms with Crippen molar-refractivity contribution in [1.29, 1.82) is 0 Å². The highest BCUT2D eigenvalue weighted by atomic mass is 16.5. The van der Waals surface area contributed by atoms with Crippen molar-refractivity contribution in [2.45, 2.75) is 32.0 Å². The van der Waals surface area contributed by atoms with Crippen molar-refractivity contribution in [3.05, 3.63) is 53.9 Å². The van der Waals surface area contributed by atoms with E-state index >= 15 is 0 Å². The first-order valence-electron chi connectivity index (χ1n) is 7.29. The van der Waals surface area contributed by atoms with E-state index in [-0.39, 0.29) is 0 Å². The van der Waals surface area contributed by atoms with Gasteiger partial charge in [-0.2, -0.15) is 0 Å². The lowest BCUT2D eigenvalue weighted by molar-refractivity contribution is 0.180. The molecule has 106 valence electrons. The summed E-state index contributed by atoms with van der Waals surface area (Å²) in [5.41, 5.74) is 1.39. The Hall–Kier alpha value is -1.65. The average Bonchev–Trinajstić information content (AvgIpc) is 3.00. The molecule has 1 aliphatic heterocycles. The predicted octanol–water partition coefficient (Wildman–Crippen LogP) is 2.43. The van der Waals surface area contributed by atoms with Crippen molar-refractivity contribution < 1.29 is 4.52 Å². The van der Waals surface area contributed by atoms with E-state index in [2.05, 4.69) is 45.7 Å². The first-order chi connectivity index (χ1) is 9.90. The largest absolute Gasteiger partial charge is 0.360 e. The van der Waals surface area contributed by atoms with Gasteiger partial charge in [-0.1, -0.05) is 35.5 Å². The van der Waals surface area contributed by atoms with Gasteiger partial charge in [0.2, 0.25) is 0 Å². The Morgan fingerprint density at radius 3 is 2.95 bits per heavy atom. The lowest BCUT2D eigenvalue weighted by atomic mass is 10.0. The maximum atomic E-state index is 5.12. The van der Waals surface area contributed by atoms with Crippen LogP contribution in [0.4, 0.5) is 0 Å². The first-order valence-corrected chi connectivity index (χ1v) is 7.29. The number of hydrogen-bond donors (Lipinski definition) is 1. The zero-order valence-corrected chi connectivity index (χ0v) is 11.7. The molecule has 0 bridgehead atoms. The van der Waals surface area contributed by atoms with Gasteiger partial charge in [0.15, 0.2) is 0 Å². The lowest BCUT2D eigenvalue weighted by Crippen LogP contribution is -2.44. The molecule has 1 saturated heterocycles. The number of benzene rings is 1. The third kappa shape index (κ3) is 3.68. The number of aromatic nitrogens is 1. The molecule has 1 aromatic carbocycles. The Morgan fingerprint density at radius 1 is 1.25 bits per heavy atom. The van der Waals surface area contributed by atoms with Gasteiger partial charge in [0.25, 0.3) is 0 Å². The molecule has 2 aromatic rings. The number of rotatable bonds is 5. The first kappa shape index (κ1) is 13.3. The maximum absolute atomic E-state index is 5.12. The molecule has 0 saturated carbocycles. The van der Waals surface area contributed by atoms with Gasteiger partial charge in [0.1, 0.15) is 5.76 Å². The summed E-state index contributed by atoms with van der Waals surface area (Å²) >= 11 is 0. The summed E-state index contributed by atoms with van der Waals surface area (Å²) < 4.78 is 5.12. The highest BCUT2D eigenvalue weighted by Gasteiger charge is 2.19. The van der Waals surface area contributed by atoms with Crippen molar-refractivity contribution in [2.24, 2.45) is 0 Å². The molecule has 20 heavy (non-hydrogen) atoms. The minimum atomic E-state index is 0.539. The minimum absolute atomic E-state index is 0.539. The second-order valence-electron chi connectivity index (χ2n) is 5.42. The molecule has 0 radical (unpaired) electrons. The molecule has 2 heterocycles. The Bertz CT molecular complexity index is 498. The van der Waals surface area contributed by atoms with Crippen LogP contribution < -0.4 is 5.32 Å². The molecule has 1 aliphatic rings. The van der Waals surface area contributed by atoms with E-state index in [0.717, 1.165) is 25.4 Å². The fraction of sp³-hybridized carbons (Fsp3) is 0.438. The van der Waals surface area contributed by atoms with Gasteiger partial charge in [0, 0.05) is 25.2 Å². The average molecular weight is 271 g/mol.